The van der Waals surface area contributed by atoms with Crippen molar-refractivity contribution in [3.05, 3.63) is 48.3 Å². The van der Waals surface area contributed by atoms with Crippen LogP contribution in [-0.4, -0.2) is 39.5 Å². The van der Waals surface area contributed by atoms with Gasteiger partial charge in [0, 0.05) is 24.8 Å². The second-order valence-electron chi connectivity index (χ2n) is 4.67. The van der Waals surface area contributed by atoms with Gasteiger partial charge in [-0.15, -0.1) is 0 Å². The number of hydrogen-bond donors (Lipinski definition) is 1. The van der Waals surface area contributed by atoms with Crippen molar-refractivity contribution in [1.29, 1.82) is 0 Å². The highest BCUT2D eigenvalue weighted by Crippen LogP contribution is 2.09. The van der Waals surface area contributed by atoms with E-state index in [2.05, 4.69) is 10.00 Å². The van der Waals surface area contributed by atoms with Gasteiger partial charge in [-0.25, -0.2) is 4.68 Å². The number of benzene rings is 1. The molecule has 0 saturated carbocycles. The summed E-state index contributed by atoms with van der Waals surface area (Å²) < 4.78 is 1.87. The molecule has 18 heavy (non-hydrogen) atoms. The molecule has 0 fully saturated rings. The summed E-state index contributed by atoms with van der Waals surface area (Å²) in [5.74, 6) is 0. The third-order valence-electron chi connectivity index (χ3n) is 2.69. The maximum atomic E-state index is 9.32. The number of aromatic nitrogens is 2. The highest BCUT2D eigenvalue weighted by atomic mass is 16.3. The summed E-state index contributed by atoms with van der Waals surface area (Å²) in [7, 11) is 1.99. The van der Waals surface area contributed by atoms with E-state index in [0.717, 1.165) is 17.8 Å². The first kappa shape index (κ1) is 12.8. The molecule has 2 aromatic rings. The van der Waals surface area contributed by atoms with Crippen LogP contribution in [0.2, 0.25) is 0 Å². The first-order valence-corrected chi connectivity index (χ1v) is 6.11. The van der Waals surface area contributed by atoms with E-state index >= 15 is 0 Å². The third kappa shape index (κ3) is 3.42. The molecule has 0 spiro atoms. The van der Waals surface area contributed by atoms with Crippen LogP contribution in [0.3, 0.4) is 0 Å². The molecule has 4 nitrogen and oxygen atoms in total. The van der Waals surface area contributed by atoms with Crippen molar-refractivity contribution in [2.45, 2.75) is 19.6 Å². The van der Waals surface area contributed by atoms with Crippen LogP contribution < -0.4 is 0 Å². The number of nitrogens with zero attached hydrogens (tertiary/aromatic N) is 3. The van der Waals surface area contributed by atoms with Gasteiger partial charge in [0.2, 0.25) is 0 Å². The van der Waals surface area contributed by atoms with E-state index in [9.17, 15) is 5.11 Å². The minimum atomic E-state index is -0.306. The van der Waals surface area contributed by atoms with Gasteiger partial charge in [0.25, 0.3) is 0 Å². The number of aliphatic hydroxyl groups is 1. The number of rotatable bonds is 5. The molecule has 0 aliphatic rings. The van der Waals surface area contributed by atoms with Gasteiger partial charge in [-0.1, -0.05) is 18.2 Å². The van der Waals surface area contributed by atoms with E-state index in [1.807, 2.05) is 54.5 Å². The summed E-state index contributed by atoms with van der Waals surface area (Å²) in [6, 6.07) is 10.0. The van der Waals surface area contributed by atoms with Gasteiger partial charge in [-0.05, 0) is 26.1 Å². The molecular weight excluding hydrogens is 226 g/mol. The Hall–Kier alpha value is -1.65. The predicted octanol–water partition coefficient (Wildman–Crippen LogP) is 1.68. The minimum absolute atomic E-state index is 0.306. The number of likely N-dealkylation sites (N-methyl/N-ethyl adjacent to an activating group) is 1. The van der Waals surface area contributed by atoms with Gasteiger partial charge in [-0.2, -0.15) is 5.10 Å². The monoisotopic (exact) mass is 245 g/mol. The lowest BCUT2D eigenvalue weighted by Gasteiger charge is -2.16. The zero-order valence-corrected chi connectivity index (χ0v) is 10.8. The Morgan fingerprint density at radius 3 is 2.72 bits per heavy atom. The summed E-state index contributed by atoms with van der Waals surface area (Å²) in [6.07, 6.45) is 3.58. The molecule has 0 saturated heterocycles. The van der Waals surface area contributed by atoms with E-state index in [1.165, 1.54) is 0 Å². The summed E-state index contributed by atoms with van der Waals surface area (Å²) in [6.45, 7) is 3.25. The molecule has 1 N–H and O–H groups in total. The Morgan fingerprint density at radius 1 is 1.33 bits per heavy atom. The van der Waals surface area contributed by atoms with Crippen molar-refractivity contribution < 1.29 is 5.11 Å². The fourth-order valence-electron chi connectivity index (χ4n) is 1.99. The SMILES string of the molecule is CC(O)CN(C)Cc1cnn(-c2ccccc2)c1. The smallest absolute Gasteiger partial charge is 0.0645 e. The van der Waals surface area contributed by atoms with Gasteiger partial charge in [0.1, 0.15) is 0 Å². The molecule has 1 unspecified atom stereocenters. The van der Waals surface area contributed by atoms with Gasteiger partial charge in [0.05, 0.1) is 18.0 Å². The lowest BCUT2D eigenvalue weighted by atomic mass is 10.3. The van der Waals surface area contributed by atoms with Crippen molar-refractivity contribution in [1.82, 2.24) is 14.7 Å². The Balaban J connectivity index is 2.03. The molecular formula is C14H19N3O. The third-order valence-corrected chi connectivity index (χ3v) is 2.69. The first-order chi connectivity index (χ1) is 8.65. The van der Waals surface area contributed by atoms with E-state index in [1.54, 1.807) is 6.92 Å². The molecule has 0 aliphatic carbocycles. The van der Waals surface area contributed by atoms with Gasteiger partial charge >= 0.3 is 0 Å². The number of aliphatic hydroxyl groups excluding tert-OH is 1. The molecule has 0 radical (unpaired) electrons. The van der Waals surface area contributed by atoms with Crippen LogP contribution in [-0.2, 0) is 6.54 Å². The molecule has 1 heterocycles. The summed E-state index contributed by atoms with van der Waals surface area (Å²) in [4.78, 5) is 2.08. The molecule has 0 aliphatic heterocycles. The molecule has 1 aromatic carbocycles. The van der Waals surface area contributed by atoms with Gasteiger partial charge < -0.3 is 5.11 Å². The summed E-state index contributed by atoms with van der Waals surface area (Å²) >= 11 is 0. The van der Waals surface area contributed by atoms with Crippen molar-refractivity contribution >= 4 is 0 Å². The fraction of sp³-hybridized carbons (Fsp3) is 0.357. The van der Waals surface area contributed by atoms with E-state index < -0.39 is 0 Å². The molecule has 4 heteroatoms. The topological polar surface area (TPSA) is 41.3 Å². The van der Waals surface area contributed by atoms with Crippen LogP contribution in [0.25, 0.3) is 5.69 Å². The van der Waals surface area contributed by atoms with E-state index in [-0.39, 0.29) is 6.10 Å². The highest BCUT2D eigenvalue weighted by Gasteiger charge is 2.06. The fourth-order valence-corrected chi connectivity index (χ4v) is 1.99. The van der Waals surface area contributed by atoms with Crippen LogP contribution >= 0.6 is 0 Å². The lowest BCUT2D eigenvalue weighted by Crippen LogP contribution is -2.26. The summed E-state index contributed by atoms with van der Waals surface area (Å²) in [5.41, 5.74) is 2.20. The Labute approximate surface area is 107 Å². The largest absolute Gasteiger partial charge is 0.392 e. The van der Waals surface area contributed by atoms with Crippen molar-refractivity contribution in [2.75, 3.05) is 13.6 Å². The minimum Gasteiger partial charge on any atom is -0.392 e. The molecule has 1 atom stereocenters. The Kier molecular flexibility index (Phi) is 4.12. The zero-order chi connectivity index (χ0) is 13.0. The Bertz CT molecular complexity index is 479. The average molecular weight is 245 g/mol. The zero-order valence-electron chi connectivity index (χ0n) is 10.8. The first-order valence-electron chi connectivity index (χ1n) is 6.11. The van der Waals surface area contributed by atoms with Crippen LogP contribution in [0.15, 0.2) is 42.7 Å². The van der Waals surface area contributed by atoms with E-state index in [4.69, 9.17) is 0 Å². The van der Waals surface area contributed by atoms with Gasteiger partial charge in [0.15, 0.2) is 0 Å². The van der Waals surface area contributed by atoms with Crippen LogP contribution in [0.1, 0.15) is 12.5 Å². The average Bonchev–Trinajstić information content (AvgIpc) is 2.77. The normalized spacial score (nSPS) is 12.9. The second kappa shape index (κ2) is 5.80. The summed E-state index contributed by atoms with van der Waals surface area (Å²) in [5, 5.41) is 13.7. The van der Waals surface area contributed by atoms with Crippen molar-refractivity contribution in [3.63, 3.8) is 0 Å². The molecule has 0 bridgehead atoms. The predicted molar refractivity (Wildman–Crippen MR) is 71.6 cm³/mol. The maximum Gasteiger partial charge on any atom is 0.0645 e. The molecule has 2 rings (SSSR count). The molecule has 0 amide bonds. The number of para-hydroxylation sites is 1. The quantitative estimate of drug-likeness (QED) is 0.871. The number of hydrogen-bond acceptors (Lipinski definition) is 3. The maximum absolute atomic E-state index is 9.32. The highest BCUT2D eigenvalue weighted by molar-refractivity contribution is 5.30. The van der Waals surface area contributed by atoms with E-state index in [0.29, 0.717) is 6.54 Å². The van der Waals surface area contributed by atoms with Crippen molar-refractivity contribution in [2.24, 2.45) is 0 Å². The molecule has 96 valence electrons. The van der Waals surface area contributed by atoms with Crippen molar-refractivity contribution in [3.8, 4) is 5.69 Å². The van der Waals surface area contributed by atoms with Gasteiger partial charge in [-0.3, -0.25) is 4.90 Å². The lowest BCUT2D eigenvalue weighted by molar-refractivity contribution is 0.138. The second-order valence-corrected chi connectivity index (χ2v) is 4.67. The van der Waals surface area contributed by atoms with Crippen LogP contribution in [0.4, 0.5) is 0 Å². The molecule has 1 aromatic heterocycles. The Morgan fingerprint density at radius 2 is 2.06 bits per heavy atom. The van der Waals surface area contributed by atoms with Crippen LogP contribution in [0.5, 0.6) is 0 Å². The standard InChI is InChI=1S/C14H19N3O/c1-12(18)9-16(2)10-13-8-15-17(11-13)14-6-4-3-5-7-14/h3-8,11-12,18H,9-10H2,1-2H3. The van der Waals surface area contributed by atoms with Crippen LogP contribution in [0, 0.1) is 0 Å².